The summed E-state index contributed by atoms with van der Waals surface area (Å²) in [7, 11) is 2.11. The lowest BCUT2D eigenvalue weighted by molar-refractivity contribution is -0.122. The first kappa shape index (κ1) is 27.2. The third-order valence-corrected chi connectivity index (χ3v) is 8.53. The standard InChI is InChI=1S/C32H37ClN4O2/c1-5-35(6-2)26-14-12-24(13-15-26)32(3)30(38)29-27(36-18-16-34(4)17-19-36)20-25(33)21-28(29)37(31(32)39)22-23-10-8-7-9-11-23/h7-15,20-21H,5-6,16-19,22H2,1-4H3. The van der Waals surface area contributed by atoms with Crippen LogP contribution < -0.4 is 14.7 Å². The molecule has 0 saturated carbocycles. The van der Waals surface area contributed by atoms with Gasteiger partial charge in [0.25, 0.3) is 0 Å². The highest BCUT2D eigenvalue weighted by molar-refractivity contribution is 6.34. The maximum Gasteiger partial charge on any atom is 0.245 e. The molecule has 1 amide bonds. The number of Topliss-reactive ketones (excluding diaryl/α,β-unsaturated/α-hetero) is 1. The van der Waals surface area contributed by atoms with Crippen LogP contribution in [0.1, 0.15) is 42.3 Å². The lowest BCUT2D eigenvalue weighted by atomic mass is 9.71. The highest BCUT2D eigenvalue weighted by Crippen LogP contribution is 2.46. The van der Waals surface area contributed by atoms with E-state index in [-0.39, 0.29) is 11.7 Å². The Kier molecular flexibility index (Phi) is 7.70. The first-order valence-corrected chi connectivity index (χ1v) is 14.2. The fourth-order valence-electron chi connectivity index (χ4n) is 5.82. The van der Waals surface area contributed by atoms with Crippen LogP contribution in [0.3, 0.4) is 0 Å². The van der Waals surface area contributed by atoms with Crippen LogP contribution in [0, 0.1) is 0 Å². The number of fused-ring (bicyclic) bond motifs is 1. The van der Waals surface area contributed by atoms with Gasteiger partial charge >= 0.3 is 0 Å². The number of carbonyl (C=O) groups excluding carboxylic acids is 2. The number of likely N-dealkylation sites (N-methyl/N-ethyl adjacent to an activating group) is 1. The molecule has 2 aliphatic rings. The molecule has 1 unspecified atom stereocenters. The number of amides is 1. The number of carbonyl (C=O) groups is 2. The predicted molar refractivity (Wildman–Crippen MR) is 160 cm³/mol. The zero-order chi connectivity index (χ0) is 27.7. The fourth-order valence-corrected chi connectivity index (χ4v) is 6.03. The zero-order valence-electron chi connectivity index (χ0n) is 23.3. The smallest absolute Gasteiger partial charge is 0.245 e. The number of rotatable bonds is 7. The van der Waals surface area contributed by atoms with E-state index in [1.165, 1.54) is 0 Å². The van der Waals surface area contributed by atoms with E-state index in [2.05, 4.69) is 35.6 Å². The Morgan fingerprint density at radius 2 is 1.49 bits per heavy atom. The molecule has 7 heteroatoms. The molecule has 2 aliphatic heterocycles. The summed E-state index contributed by atoms with van der Waals surface area (Å²) in [6, 6.07) is 21.5. The number of piperazine rings is 1. The highest BCUT2D eigenvalue weighted by atomic mass is 35.5. The Hall–Kier alpha value is -3.35. The summed E-state index contributed by atoms with van der Waals surface area (Å²) in [4.78, 5) is 37.5. The fraction of sp³-hybridized carbons (Fsp3) is 0.375. The minimum absolute atomic E-state index is 0.173. The molecule has 2 heterocycles. The number of ketones is 1. The summed E-state index contributed by atoms with van der Waals surface area (Å²) >= 11 is 6.67. The van der Waals surface area contributed by atoms with Crippen LogP contribution in [-0.2, 0) is 16.8 Å². The van der Waals surface area contributed by atoms with Crippen LogP contribution in [0.4, 0.5) is 17.1 Å². The Labute approximate surface area is 236 Å². The second-order valence-corrected chi connectivity index (χ2v) is 11.1. The minimum Gasteiger partial charge on any atom is -0.372 e. The van der Waals surface area contributed by atoms with Gasteiger partial charge < -0.3 is 19.6 Å². The number of hydrogen-bond acceptors (Lipinski definition) is 5. The molecule has 0 radical (unpaired) electrons. The van der Waals surface area contributed by atoms with Crippen LogP contribution in [0.5, 0.6) is 0 Å². The van der Waals surface area contributed by atoms with Gasteiger partial charge in [0.1, 0.15) is 5.41 Å². The van der Waals surface area contributed by atoms with E-state index >= 15 is 0 Å². The van der Waals surface area contributed by atoms with Crippen LogP contribution in [0.25, 0.3) is 0 Å². The van der Waals surface area contributed by atoms with E-state index in [0.717, 1.165) is 56.2 Å². The first-order valence-electron chi connectivity index (χ1n) is 13.8. The Bertz CT molecular complexity index is 1350. The van der Waals surface area contributed by atoms with Gasteiger partial charge in [-0.15, -0.1) is 0 Å². The highest BCUT2D eigenvalue weighted by Gasteiger charge is 2.52. The largest absolute Gasteiger partial charge is 0.372 e. The summed E-state index contributed by atoms with van der Waals surface area (Å²) in [5.74, 6) is -0.404. The molecular weight excluding hydrogens is 508 g/mol. The Balaban J connectivity index is 1.66. The molecule has 1 fully saturated rings. The Morgan fingerprint density at radius 1 is 0.872 bits per heavy atom. The molecule has 5 rings (SSSR count). The molecule has 204 valence electrons. The van der Waals surface area contributed by atoms with Gasteiger partial charge in [0, 0.05) is 50.0 Å². The number of halogens is 1. The molecule has 6 nitrogen and oxygen atoms in total. The average molecular weight is 545 g/mol. The normalized spacial score (nSPS) is 19.8. The van der Waals surface area contributed by atoms with Gasteiger partial charge in [-0.3, -0.25) is 9.59 Å². The van der Waals surface area contributed by atoms with E-state index in [9.17, 15) is 9.59 Å². The van der Waals surface area contributed by atoms with Crippen LogP contribution >= 0.6 is 11.6 Å². The molecule has 0 aliphatic carbocycles. The molecule has 39 heavy (non-hydrogen) atoms. The number of hydrogen-bond donors (Lipinski definition) is 0. The van der Waals surface area contributed by atoms with E-state index in [4.69, 9.17) is 11.6 Å². The summed E-state index contributed by atoms with van der Waals surface area (Å²) in [5.41, 5.74) is 3.39. The van der Waals surface area contributed by atoms with Crippen LogP contribution in [-0.4, -0.2) is 62.9 Å². The lowest BCUT2D eigenvalue weighted by Gasteiger charge is -2.43. The maximum absolute atomic E-state index is 14.6. The van der Waals surface area contributed by atoms with E-state index in [1.54, 1.807) is 17.9 Å². The molecule has 1 saturated heterocycles. The van der Waals surface area contributed by atoms with Crippen molar-refractivity contribution in [3.8, 4) is 0 Å². The monoisotopic (exact) mass is 544 g/mol. The molecule has 0 aromatic heterocycles. The third kappa shape index (κ3) is 4.92. The quantitative estimate of drug-likeness (QED) is 0.361. The van der Waals surface area contributed by atoms with Gasteiger partial charge in [0.2, 0.25) is 5.91 Å². The van der Waals surface area contributed by atoms with Crippen LogP contribution in [0.15, 0.2) is 66.7 Å². The van der Waals surface area contributed by atoms with Crippen molar-refractivity contribution in [3.05, 3.63) is 88.4 Å². The summed E-state index contributed by atoms with van der Waals surface area (Å²) in [6.07, 6.45) is 0. The topological polar surface area (TPSA) is 47.1 Å². The summed E-state index contributed by atoms with van der Waals surface area (Å²) < 4.78 is 0. The second kappa shape index (κ2) is 11.0. The van der Waals surface area contributed by atoms with Crippen molar-refractivity contribution in [1.82, 2.24) is 4.90 Å². The van der Waals surface area contributed by atoms with Crippen molar-refractivity contribution in [2.24, 2.45) is 0 Å². The van der Waals surface area contributed by atoms with Gasteiger partial charge in [-0.2, -0.15) is 0 Å². The molecule has 3 aromatic rings. The van der Waals surface area contributed by atoms with Gasteiger partial charge in [0.15, 0.2) is 5.78 Å². The first-order chi connectivity index (χ1) is 18.8. The number of nitrogens with zero attached hydrogens (tertiary/aromatic N) is 4. The van der Waals surface area contributed by atoms with Crippen molar-refractivity contribution < 1.29 is 9.59 Å². The van der Waals surface area contributed by atoms with E-state index in [0.29, 0.717) is 28.4 Å². The van der Waals surface area contributed by atoms with E-state index in [1.807, 2.05) is 60.7 Å². The van der Waals surface area contributed by atoms with Crippen molar-refractivity contribution >= 4 is 40.4 Å². The predicted octanol–water partition coefficient (Wildman–Crippen LogP) is 5.63. The van der Waals surface area contributed by atoms with Crippen molar-refractivity contribution in [2.45, 2.75) is 32.7 Å². The molecule has 1 atom stereocenters. The second-order valence-electron chi connectivity index (χ2n) is 10.7. The van der Waals surface area contributed by atoms with Gasteiger partial charge in [0.05, 0.1) is 23.5 Å². The van der Waals surface area contributed by atoms with Crippen molar-refractivity contribution in [1.29, 1.82) is 0 Å². The zero-order valence-corrected chi connectivity index (χ0v) is 24.0. The number of anilines is 3. The van der Waals surface area contributed by atoms with Gasteiger partial charge in [-0.1, -0.05) is 54.1 Å². The number of benzene rings is 3. The minimum atomic E-state index is -1.36. The summed E-state index contributed by atoms with van der Waals surface area (Å²) in [6.45, 7) is 11.5. The van der Waals surface area contributed by atoms with Crippen molar-refractivity contribution in [3.63, 3.8) is 0 Å². The SMILES string of the molecule is CCN(CC)c1ccc(C2(C)C(=O)c3c(N4CCN(C)CC4)cc(Cl)cc3N(Cc3ccccc3)C2=O)cc1. The third-order valence-electron chi connectivity index (χ3n) is 8.31. The summed E-state index contributed by atoms with van der Waals surface area (Å²) in [5, 5.41) is 0.522. The van der Waals surface area contributed by atoms with Crippen molar-refractivity contribution in [2.75, 3.05) is 61.0 Å². The average Bonchev–Trinajstić information content (AvgIpc) is 2.95. The van der Waals surface area contributed by atoms with E-state index < -0.39 is 5.41 Å². The molecule has 0 spiro atoms. The van der Waals surface area contributed by atoms with Crippen LogP contribution in [0.2, 0.25) is 5.02 Å². The maximum atomic E-state index is 14.6. The molecule has 3 aromatic carbocycles. The molecule has 0 bridgehead atoms. The Morgan fingerprint density at radius 3 is 2.10 bits per heavy atom. The lowest BCUT2D eigenvalue weighted by Crippen LogP contribution is -2.55. The van der Waals surface area contributed by atoms with Gasteiger partial charge in [-0.25, -0.2) is 0 Å². The van der Waals surface area contributed by atoms with Gasteiger partial charge in [-0.05, 0) is 63.2 Å². The molecule has 0 N–H and O–H groups in total. The molecular formula is C32H37ClN4O2.